The molecule has 0 saturated heterocycles. The summed E-state index contributed by atoms with van der Waals surface area (Å²) < 4.78 is 18.9. The minimum absolute atomic E-state index is 0.213. The van der Waals surface area contributed by atoms with Crippen LogP contribution in [0.1, 0.15) is 31.5 Å². The van der Waals surface area contributed by atoms with E-state index in [1.807, 2.05) is 11.8 Å². The first kappa shape index (κ1) is 13.4. The molecule has 3 rings (SSSR count). The maximum absolute atomic E-state index is 13.8. The SMILES string of the molecule is Nc1ccc(-c2nc(CSC3CCCC3)no2)c(F)c1. The number of aromatic nitrogens is 2. The molecule has 1 fully saturated rings. The van der Waals surface area contributed by atoms with Gasteiger partial charge in [0.2, 0.25) is 0 Å². The first-order chi connectivity index (χ1) is 9.72. The van der Waals surface area contributed by atoms with Crippen molar-refractivity contribution in [1.82, 2.24) is 10.1 Å². The highest BCUT2D eigenvalue weighted by Crippen LogP contribution is 2.31. The minimum Gasteiger partial charge on any atom is -0.399 e. The van der Waals surface area contributed by atoms with Crippen LogP contribution in [-0.4, -0.2) is 15.4 Å². The molecular weight excluding hydrogens is 277 g/mol. The van der Waals surface area contributed by atoms with E-state index in [9.17, 15) is 4.39 Å². The summed E-state index contributed by atoms with van der Waals surface area (Å²) in [5.74, 6) is 1.10. The summed E-state index contributed by atoms with van der Waals surface area (Å²) in [6.07, 6.45) is 5.15. The zero-order valence-corrected chi connectivity index (χ0v) is 11.8. The van der Waals surface area contributed by atoms with E-state index in [0.717, 1.165) is 0 Å². The fourth-order valence-electron chi connectivity index (χ4n) is 2.37. The Morgan fingerprint density at radius 2 is 2.15 bits per heavy atom. The van der Waals surface area contributed by atoms with Crippen LogP contribution in [0.15, 0.2) is 22.7 Å². The summed E-state index contributed by atoms with van der Waals surface area (Å²) in [6.45, 7) is 0. The van der Waals surface area contributed by atoms with Crippen molar-refractivity contribution in [3.8, 4) is 11.5 Å². The molecule has 0 spiro atoms. The molecule has 1 aromatic carbocycles. The van der Waals surface area contributed by atoms with E-state index in [0.29, 0.717) is 28.1 Å². The number of anilines is 1. The largest absolute Gasteiger partial charge is 0.399 e. The highest BCUT2D eigenvalue weighted by molar-refractivity contribution is 7.99. The maximum Gasteiger partial charge on any atom is 0.260 e. The van der Waals surface area contributed by atoms with Crippen LogP contribution in [0.2, 0.25) is 0 Å². The van der Waals surface area contributed by atoms with Crippen molar-refractivity contribution in [3.05, 3.63) is 29.8 Å². The Morgan fingerprint density at radius 3 is 2.90 bits per heavy atom. The standard InChI is InChI=1S/C14H16FN3OS/c15-12-7-9(16)5-6-11(12)14-17-13(18-19-14)8-20-10-3-1-2-4-10/h5-7,10H,1-4,8,16H2. The molecule has 0 radical (unpaired) electrons. The fourth-order valence-corrected chi connectivity index (χ4v) is 3.54. The van der Waals surface area contributed by atoms with Crippen LogP contribution in [0.4, 0.5) is 10.1 Å². The summed E-state index contributed by atoms with van der Waals surface area (Å²) >= 11 is 1.85. The third kappa shape index (κ3) is 2.95. The molecule has 1 aromatic heterocycles. The number of nitrogens with zero attached hydrogens (tertiary/aromatic N) is 2. The quantitative estimate of drug-likeness (QED) is 0.872. The number of rotatable bonds is 4. The number of hydrogen-bond donors (Lipinski definition) is 1. The van der Waals surface area contributed by atoms with Gasteiger partial charge in [0.25, 0.3) is 5.89 Å². The smallest absolute Gasteiger partial charge is 0.260 e. The summed E-state index contributed by atoms with van der Waals surface area (Å²) in [7, 11) is 0. The molecule has 1 aliphatic rings. The lowest BCUT2D eigenvalue weighted by Gasteiger charge is -2.04. The maximum atomic E-state index is 13.8. The van der Waals surface area contributed by atoms with Crippen molar-refractivity contribution in [2.24, 2.45) is 0 Å². The Hall–Kier alpha value is -1.56. The molecule has 6 heteroatoms. The van der Waals surface area contributed by atoms with Crippen molar-refractivity contribution < 1.29 is 8.91 Å². The topological polar surface area (TPSA) is 64.9 Å². The van der Waals surface area contributed by atoms with Gasteiger partial charge in [-0.25, -0.2) is 4.39 Å². The lowest BCUT2D eigenvalue weighted by Crippen LogP contribution is -1.96. The van der Waals surface area contributed by atoms with Crippen LogP contribution in [0, 0.1) is 5.82 Å². The summed E-state index contributed by atoms with van der Waals surface area (Å²) in [4.78, 5) is 4.25. The minimum atomic E-state index is -0.441. The molecule has 1 saturated carbocycles. The summed E-state index contributed by atoms with van der Waals surface area (Å²) in [5, 5.41) is 4.61. The number of benzene rings is 1. The number of halogens is 1. The summed E-state index contributed by atoms with van der Waals surface area (Å²) in [5.41, 5.74) is 6.19. The zero-order chi connectivity index (χ0) is 13.9. The van der Waals surface area contributed by atoms with Gasteiger partial charge in [0.15, 0.2) is 5.82 Å². The third-order valence-corrected chi connectivity index (χ3v) is 4.81. The number of hydrogen-bond acceptors (Lipinski definition) is 5. The monoisotopic (exact) mass is 293 g/mol. The van der Waals surface area contributed by atoms with Gasteiger partial charge < -0.3 is 10.3 Å². The Balaban J connectivity index is 1.69. The molecule has 0 unspecified atom stereocenters. The van der Waals surface area contributed by atoms with E-state index in [1.54, 1.807) is 12.1 Å². The van der Waals surface area contributed by atoms with Crippen molar-refractivity contribution in [1.29, 1.82) is 0 Å². The van der Waals surface area contributed by atoms with Gasteiger partial charge in [0, 0.05) is 10.9 Å². The van der Waals surface area contributed by atoms with E-state index in [4.69, 9.17) is 10.3 Å². The second kappa shape index (κ2) is 5.83. The Labute approximate surface area is 120 Å². The predicted octanol–water partition coefficient (Wildman–Crippen LogP) is 3.63. The number of nitrogens with two attached hydrogens (primary N) is 1. The van der Waals surface area contributed by atoms with Gasteiger partial charge in [0.05, 0.1) is 11.3 Å². The number of nitrogen functional groups attached to an aromatic ring is 1. The van der Waals surface area contributed by atoms with E-state index in [1.165, 1.54) is 31.7 Å². The van der Waals surface area contributed by atoms with Crippen LogP contribution in [0.25, 0.3) is 11.5 Å². The fraction of sp³-hybridized carbons (Fsp3) is 0.429. The Morgan fingerprint density at radius 1 is 1.35 bits per heavy atom. The molecule has 0 atom stereocenters. The van der Waals surface area contributed by atoms with Gasteiger partial charge in [-0.15, -0.1) is 0 Å². The van der Waals surface area contributed by atoms with Crippen molar-refractivity contribution in [2.45, 2.75) is 36.7 Å². The van der Waals surface area contributed by atoms with Crippen molar-refractivity contribution >= 4 is 17.4 Å². The zero-order valence-electron chi connectivity index (χ0n) is 11.0. The van der Waals surface area contributed by atoms with Crippen molar-refractivity contribution in [2.75, 3.05) is 5.73 Å². The lowest BCUT2D eigenvalue weighted by molar-refractivity contribution is 0.423. The molecule has 1 aliphatic carbocycles. The van der Waals surface area contributed by atoms with E-state index >= 15 is 0 Å². The average molecular weight is 293 g/mol. The summed E-state index contributed by atoms with van der Waals surface area (Å²) in [6, 6.07) is 4.44. The van der Waals surface area contributed by atoms with E-state index < -0.39 is 5.82 Å². The van der Waals surface area contributed by atoms with Gasteiger partial charge in [-0.3, -0.25) is 0 Å². The lowest BCUT2D eigenvalue weighted by atomic mass is 10.2. The third-order valence-electron chi connectivity index (χ3n) is 3.44. The van der Waals surface area contributed by atoms with Crippen LogP contribution < -0.4 is 5.73 Å². The molecule has 106 valence electrons. The van der Waals surface area contributed by atoms with Gasteiger partial charge in [-0.2, -0.15) is 16.7 Å². The first-order valence-corrected chi connectivity index (χ1v) is 7.77. The highest BCUT2D eigenvalue weighted by atomic mass is 32.2. The van der Waals surface area contributed by atoms with Crippen LogP contribution in [0.5, 0.6) is 0 Å². The van der Waals surface area contributed by atoms with E-state index in [2.05, 4.69) is 10.1 Å². The Kier molecular flexibility index (Phi) is 3.91. The molecule has 0 bridgehead atoms. The molecular formula is C14H16FN3OS. The molecule has 1 heterocycles. The van der Waals surface area contributed by atoms with Gasteiger partial charge in [-0.05, 0) is 31.0 Å². The molecule has 2 N–H and O–H groups in total. The average Bonchev–Trinajstić information content (AvgIpc) is 3.07. The predicted molar refractivity (Wildman–Crippen MR) is 77.7 cm³/mol. The highest BCUT2D eigenvalue weighted by Gasteiger charge is 2.18. The van der Waals surface area contributed by atoms with Gasteiger partial charge in [0.1, 0.15) is 5.82 Å². The molecule has 20 heavy (non-hydrogen) atoms. The molecule has 4 nitrogen and oxygen atoms in total. The molecule has 0 aliphatic heterocycles. The van der Waals surface area contributed by atoms with Crippen LogP contribution in [0.3, 0.4) is 0 Å². The van der Waals surface area contributed by atoms with Crippen LogP contribution in [-0.2, 0) is 5.75 Å². The van der Waals surface area contributed by atoms with Crippen LogP contribution >= 0.6 is 11.8 Å². The second-order valence-corrected chi connectivity index (χ2v) is 6.26. The molecule has 0 amide bonds. The van der Waals surface area contributed by atoms with Gasteiger partial charge >= 0.3 is 0 Å². The second-order valence-electron chi connectivity index (χ2n) is 4.97. The normalized spacial score (nSPS) is 15.8. The van der Waals surface area contributed by atoms with Crippen molar-refractivity contribution in [3.63, 3.8) is 0 Å². The number of thioether (sulfide) groups is 1. The molecule has 2 aromatic rings. The Bertz CT molecular complexity index is 596. The van der Waals surface area contributed by atoms with Gasteiger partial charge in [-0.1, -0.05) is 18.0 Å². The first-order valence-electron chi connectivity index (χ1n) is 6.72. The van der Waals surface area contributed by atoms with E-state index in [-0.39, 0.29) is 5.89 Å².